The summed E-state index contributed by atoms with van der Waals surface area (Å²) in [5.74, 6) is 10.1. The van der Waals surface area contributed by atoms with Crippen LogP contribution in [-0.2, 0) is 15.4 Å². The van der Waals surface area contributed by atoms with Crippen molar-refractivity contribution in [2.45, 2.75) is 65.2 Å². The molecular formula is C17H33OS2+. The average molecular weight is 318 g/mol. The van der Waals surface area contributed by atoms with E-state index in [4.69, 9.17) is 4.18 Å². The largest absolute Gasteiger partial charge is 0.200 e. The lowest BCUT2D eigenvalue weighted by atomic mass is 10.1. The summed E-state index contributed by atoms with van der Waals surface area (Å²) < 4.78 is 5.47. The van der Waals surface area contributed by atoms with E-state index >= 15 is 0 Å². The van der Waals surface area contributed by atoms with Gasteiger partial charge < -0.3 is 0 Å². The molecule has 0 saturated heterocycles. The molecule has 1 nitrogen and oxygen atoms in total. The molecular weight excluding hydrogens is 284 g/mol. The van der Waals surface area contributed by atoms with E-state index in [2.05, 4.69) is 36.8 Å². The van der Waals surface area contributed by atoms with Gasteiger partial charge in [-0.2, -0.15) is 15.9 Å². The topological polar surface area (TPSA) is 9.23 Å². The molecule has 0 aliphatic heterocycles. The van der Waals surface area contributed by atoms with Gasteiger partial charge in [-0.05, 0) is 43.6 Å². The van der Waals surface area contributed by atoms with Crippen LogP contribution in [0.1, 0.15) is 65.2 Å². The van der Waals surface area contributed by atoms with Gasteiger partial charge in [0.15, 0.2) is 11.2 Å². The molecule has 0 aliphatic rings. The normalized spacial score (nSPS) is 11.9. The van der Waals surface area contributed by atoms with Crippen molar-refractivity contribution < 1.29 is 4.18 Å². The zero-order valence-electron chi connectivity index (χ0n) is 13.7. The molecule has 118 valence electrons. The highest BCUT2D eigenvalue weighted by molar-refractivity contribution is 7.99. The van der Waals surface area contributed by atoms with Gasteiger partial charge in [0.2, 0.25) is 5.75 Å². The van der Waals surface area contributed by atoms with E-state index in [1.54, 1.807) is 0 Å². The Hall–Kier alpha value is 0.220. The zero-order valence-corrected chi connectivity index (χ0v) is 15.3. The lowest BCUT2D eigenvalue weighted by molar-refractivity contribution is 0.391. The second-order valence-corrected chi connectivity index (χ2v) is 7.86. The van der Waals surface area contributed by atoms with E-state index in [-0.39, 0.29) is 11.2 Å². The highest BCUT2D eigenvalue weighted by Gasteiger charge is 2.07. The number of thioether (sulfide) groups is 1. The van der Waals surface area contributed by atoms with Gasteiger partial charge in [0.25, 0.3) is 0 Å². The van der Waals surface area contributed by atoms with Gasteiger partial charge in [0.05, 0.1) is 0 Å². The molecule has 0 bridgehead atoms. The zero-order chi connectivity index (χ0) is 14.9. The third-order valence-corrected chi connectivity index (χ3v) is 5.30. The van der Waals surface area contributed by atoms with E-state index in [1.165, 1.54) is 56.5 Å². The minimum atomic E-state index is 0.0387. The van der Waals surface area contributed by atoms with Gasteiger partial charge >= 0.3 is 0 Å². The number of hydrogen-bond donors (Lipinski definition) is 0. The molecule has 0 amide bonds. The Bertz CT molecular complexity index is 245. The van der Waals surface area contributed by atoms with Crippen LogP contribution in [0, 0.1) is 11.8 Å². The third-order valence-electron chi connectivity index (χ3n) is 2.95. The first-order valence-corrected chi connectivity index (χ1v) is 11.0. The molecule has 0 radical (unpaired) electrons. The fourth-order valence-electron chi connectivity index (χ4n) is 1.78. The van der Waals surface area contributed by atoms with Gasteiger partial charge in [0.1, 0.15) is 12.9 Å². The molecule has 0 aromatic heterocycles. The summed E-state index contributed by atoms with van der Waals surface area (Å²) in [4.78, 5) is 0. The smallest absolute Gasteiger partial charge is 0.174 e. The molecule has 0 rings (SSSR count). The van der Waals surface area contributed by atoms with Crippen LogP contribution >= 0.6 is 11.8 Å². The van der Waals surface area contributed by atoms with Gasteiger partial charge in [-0.15, -0.1) is 0 Å². The van der Waals surface area contributed by atoms with Crippen molar-refractivity contribution in [1.82, 2.24) is 0 Å². The molecule has 0 saturated carbocycles. The van der Waals surface area contributed by atoms with Crippen molar-refractivity contribution in [2.24, 2.45) is 0 Å². The Kier molecular flexibility index (Phi) is 17.5. The standard InChI is InChI=1S/C17H33OS2/c1-4-6-15-19-16-13-11-9-7-8-10-12-14-17-20(3)18-5-2/h4-11,13,15-17H2,1-3H3/q+1. The number of rotatable bonds is 13. The highest BCUT2D eigenvalue weighted by Crippen LogP contribution is 2.11. The minimum Gasteiger partial charge on any atom is -0.174 e. The van der Waals surface area contributed by atoms with E-state index < -0.39 is 0 Å². The summed E-state index contributed by atoms with van der Waals surface area (Å²) in [6.45, 7) is 5.11. The monoisotopic (exact) mass is 317 g/mol. The van der Waals surface area contributed by atoms with Crippen LogP contribution in [0.2, 0.25) is 0 Å². The first-order chi connectivity index (χ1) is 9.81. The molecule has 20 heavy (non-hydrogen) atoms. The average Bonchev–Trinajstić information content (AvgIpc) is 2.44. The first kappa shape index (κ1) is 20.2. The minimum absolute atomic E-state index is 0.0387. The molecule has 0 N–H and O–H groups in total. The summed E-state index contributed by atoms with van der Waals surface area (Å²) >= 11 is 2.16. The van der Waals surface area contributed by atoms with Crippen LogP contribution in [0.5, 0.6) is 0 Å². The predicted octanol–water partition coefficient (Wildman–Crippen LogP) is 5.06. The van der Waals surface area contributed by atoms with E-state index in [1.807, 2.05) is 6.92 Å². The molecule has 3 heteroatoms. The molecule has 0 aliphatic carbocycles. The molecule has 0 heterocycles. The maximum atomic E-state index is 5.47. The summed E-state index contributed by atoms with van der Waals surface area (Å²) in [6, 6.07) is 0. The van der Waals surface area contributed by atoms with E-state index in [0.717, 1.165) is 18.8 Å². The molecule has 1 atom stereocenters. The summed E-state index contributed by atoms with van der Waals surface area (Å²) in [6.07, 6.45) is 12.7. The summed E-state index contributed by atoms with van der Waals surface area (Å²) in [7, 11) is 0. The predicted molar refractivity (Wildman–Crippen MR) is 97.5 cm³/mol. The molecule has 0 spiro atoms. The van der Waals surface area contributed by atoms with Crippen LogP contribution in [0.25, 0.3) is 0 Å². The van der Waals surface area contributed by atoms with Crippen molar-refractivity contribution in [1.29, 1.82) is 0 Å². The van der Waals surface area contributed by atoms with E-state index in [0.29, 0.717) is 0 Å². The van der Waals surface area contributed by atoms with Crippen LogP contribution in [0.15, 0.2) is 0 Å². The van der Waals surface area contributed by atoms with Crippen LogP contribution < -0.4 is 0 Å². The second kappa shape index (κ2) is 17.3. The Morgan fingerprint density at radius 1 is 0.900 bits per heavy atom. The van der Waals surface area contributed by atoms with Crippen molar-refractivity contribution in [3.05, 3.63) is 0 Å². The first-order valence-electron chi connectivity index (χ1n) is 8.10. The van der Waals surface area contributed by atoms with Gasteiger partial charge in [-0.3, -0.25) is 0 Å². The summed E-state index contributed by atoms with van der Waals surface area (Å²) in [5, 5.41) is 0. The van der Waals surface area contributed by atoms with Gasteiger partial charge in [-0.1, -0.05) is 38.5 Å². The Morgan fingerprint density at radius 2 is 1.60 bits per heavy atom. The lowest BCUT2D eigenvalue weighted by Crippen LogP contribution is -2.07. The SMILES string of the molecule is CCCCSCCCCCCCC#CC[S+](C)OCC. The van der Waals surface area contributed by atoms with Crippen molar-refractivity contribution >= 4 is 22.9 Å². The second-order valence-electron chi connectivity index (χ2n) is 4.96. The molecule has 0 fully saturated rings. The summed E-state index contributed by atoms with van der Waals surface area (Å²) in [5.41, 5.74) is 0. The Morgan fingerprint density at radius 3 is 2.35 bits per heavy atom. The van der Waals surface area contributed by atoms with Crippen LogP contribution in [0.3, 0.4) is 0 Å². The molecule has 0 aromatic carbocycles. The Labute approximate surface area is 134 Å². The van der Waals surface area contributed by atoms with Crippen molar-refractivity contribution in [2.75, 3.05) is 30.1 Å². The van der Waals surface area contributed by atoms with Gasteiger partial charge in [0, 0.05) is 6.42 Å². The fourth-order valence-corrected chi connectivity index (χ4v) is 3.68. The molecule has 0 aromatic rings. The van der Waals surface area contributed by atoms with Crippen molar-refractivity contribution in [3.8, 4) is 11.8 Å². The maximum absolute atomic E-state index is 5.47. The quantitative estimate of drug-likeness (QED) is 0.267. The number of hydrogen-bond acceptors (Lipinski definition) is 2. The van der Waals surface area contributed by atoms with Crippen LogP contribution in [-0.4, -0.2) is 30.1 Å². The molecule has 1 unspecified atom stereocenters. The number of unbranched alkanes of at least 4 members (excludes halogenated alkanes) is 6. The van der Waals surface area contributed by atoms with Crippen molar-refractivity contribution in [3.63, 3.8) is 0 Å². The maximum Gasteiger partial charge on any atom is 0.200 e. The van der Waals surface area contributed by atoms with E-state index in [9.17, 15) is 0 Å². The third kappa shape index (κ3) is 16.3. The Balaban J connectivity index is 3.15. The van der Waals surface area contributed by atoms with Gasteiger partial charge in [-0.25, -0.2) is 0 Å². The highest BCUT2D eigenvalue weighted by atomic mass is 32.2. The fraction of sp³-hybridized carbons (Fsp3) is 0.882. The lowest BCUT2D eigenvalue weighted by Gasteiger charge is -2.00. The van der Waals surface area contributed by atoms with Crippen LogP contribution in [0.4, 0.5) is 0 Å².